The number of hydrogen-bond acceptors (Lipinski definition) is 4. The normalized spacial score (nSPS) is 24.6. The molecule has 4 nitrogen and oxygen atoms in total. The second-order valence-electron chi connectivity index (χ2n) is 4.65. The van der Waals surface area contributed by atoms with Crippen molar-refractivity contribution in [1.82, 2.24) is 4.90 Å². The molecule has 0 bridgehead atoms. The molecule has 1 aromatic rings. The molecule has 0 spiro atoms. The van der Waals surface area contributed by atoms with Crippen molar-refractivity contribution in [2.24, 2.45) is 0 Å². The van der Waals surface area contributed by atoms with Crippen molar-refractivity contribution < 1.29 is 4.74 Å². The summed E-state index contributed by atoms with van der Waals surface area (Å²) >= 11 is 0. The zero-order valence-corrected chi connectivity index (χ0v) is 9.52. The maximum Gasteiger partial charge on any atom is 0.144 e. The van der Waals surface area contributed by atoms with Crippen LogP contribution < -0.4 is 15.4 Å². The number of rotatable bonds is 0. The number of piperazine rings is 1. The molecule has 1 aromatic carbocycles. The summed E-state index contributed by atoms with van der Waals surface area (Å²) in [5, 5.41) is 0. The Hall–Kier alpha value is -1.42. The summed E-state index contributed by atoms with van der Waals surface area (Å²) in [6.07, 6.45) is 0. The standard InChI is InChI=1S/C12H17N3O/c1-14-4-5-15-10(7-14)8-16-12-6-9(13)2-3-11(12)15/h2-3,6,10H,4-5,7-8,13H2,1H3/t10-/m0/s1. The van der Waals surface area contributed by atoms with Crippen LogP contribution in [-0.2, 0) is 0 Å². The Morgan fingerprint density at radius 2 is 2.25 bits per heavy atom. The summed E-state index contributed by atoms with van der Waals surface area (Å²) < 4.78 is 5.77. The molecule has 4 heteroatoms. The molecule has 3 rings (SSSR count). The second kappa shape index (κ2) is 3.56. The molecule has 16 heavy (non-hydrogen) atoms. The Morgan fingerprint density at radius 1 is 1.38 bits per heavy atom. The summed E-state index contributed by atoms with van der Waals surface area (Å²) in [5.41, 5.74) is 7.73. The predicted molar refractivity (Wildman–Crippen MR) is 65.0 cm³/mol. The minimum Gasteiger partial charge on any atom is -0.489 e. The van der Waals surface area contributed by atoms with Gasteiger partial charge in [0.25, 0.3) is 0 Å². The molecular formula is C12H17N3O. The Labute approximate surface area is 95.6 Å². The zero-order chi connectivity index (χ0) is 11.1. The van der Waals surface area contributed by atoms with Crippen LogP contribution in [0.3, 0.4) is 0 Å². The number of likely N-dealkylation sites (N-methyl/N-ethyl adjacent to an activating group) is 1. The lowest BCUT2D eigenvalue weighted by Crippen LogP contribution is -2.56. The van der Waals surface area contributed by atoms with Crippen LogP contribution in [0, 0.1) is 0 Å². The SMILES string of the molecule is CN1CCN2c3ccc(N)cc3OC[C@@H]2C1. The molecule has 1 atom stereocenters. The highest BCUT2D eigenvalue weighted by molar-refractivity contribution is 5.66. The van der Waals surface area contributed by atoms with Gasteiger partial charge in [-0.05, 0) is 19.2 Å². The molecule has 0 radical (unpaired) electrons. The van der Waals surface area contributed by atoms with Gasteiger partial charge in [-0.15, -0.1) is 0 Å². The molecule has 0 amide bonds. The van der Waals surface area contributed by atoms with E-state index in [-0.39, 0.29) is 0 Å². The van der Waals surface area contributed by atoms with Gasteiger partial charge in [-0.25, -0.2) is 0 Å². The van der Waals surface area contributed by atoms with E-state index < -0.39 is 0 Å². The van der Waals surface area contributed by atoms with Gasteiger partial charge in [-0.1, -0.05) is 0 Å². The Kier molecular flexibility index (Phi) is 2.17. The van der Waals surface area contributed by atoms with E-state index in [0.717, 1.165) is 37.7 Å². The summed E-state index contributed by atoms with van der Waals surface area (Å²) in [5.74, 6) is 0.931. The molecular weight excluding hydrogens is 202 g/mol. The molecule has 86 valence electrons. The summed E-state index contributed by atoms with van der Waals surface area (Å²) in [6.45, 7) is 4.02. The van der Waals surface area contributed by atoms with Gasteiger partial charge in [0, 0.05) is 31.4 Å². The van der Waals surface area contributed by atoms with Crippen LogP contribution in [-0.4, -0.2) is 44.2 Å². The van der Waals surface area contributed by atoms with Crippen LogP contribution in [0.5, 0.6) is 5.75 Å². The molecule has 2 heterocycles. The van der Waals surface area contributed by atoms with Crippen LogP contribution in [0.1, 0.15) is 0 Å². The molecule has 1 fully saturated rings. The van der Waals surface area contributed by atoms with Gasteiger partial charge in [-0.3, -0.25) is 0 Å². The highest BCUT2D eigenvalue weighted by Crippen LogP contribution is 2.36. The van der Waals surface area contributed by atoms with Crippen molar-refractivity contribution in [3.8, 4) is 5.75 Å². The van der Waals surface area contributed by atoms with Crippen LogP contribution in [0.15, 0.2) is 18.2 Å². The first kappa shape index (κ1) is 9.78. The lowest BCUT2D eigenvalue weighted by Gasteiger charge is -2.44. The third kappa shape index (κ3) is 1.50. The van der Waals surface area contributed by atoms with Gasteiger partial charge in [0.05, 0.1) is 11.7 Å². The first-order valence-corrected chi connectivity index (χ1v) is 5.71. The Bertz CT molecular complexity index is 407. The summed E-state index contributed by atoms with van der Waals surface area (Å²) in [4.78, 5) is 4.80. The molecule has 2 aliphatic rings. The molecule has 0 aliphatic carbocycles. The van der Waals surface area contributed by atoms with E-state index in [1.807, 2.05) is 12.1 Å². The maximum absolute atomic E-state index is 5.77. The number of hydrogen-bond donors (Lipinski definition) is 1. The van der Waals surface area contributed by atoms with E-state index in [9.17, 15) is 0 Å². The minimum atomic E-state index is 0.481. The molecule has 0 saturated carbocycles. The van der Waals surface area contributed by atoms with Gasteiger partial charge in [0.15, 0.2) is 0 Å². The minimum absolute atomic E-state index is 0.481. The molecule has 0 aromatic heterocycles. The van der Waals surface area contributed by atoms with E-state index in [0.29, 0.717) is 6.04 Å². The fraction of sp³-hybridized carbons (Fsp3) is 0.500. The molecule has 1 saturated heterocycles. The Balaban J connectivity index is 1.94. The number of nitrogens with zero attached hydrogens (tertiary/aromatic N) is 2. The van der Waals surface area contributed by atoms with E-state index in [2.05, 4.69) is 22.9 Å². The summed E-state index contributed by atoms with van der Waals surface area (Å²) in [6, 6.07) is 6.42. The third-order valence-electron chi connectivity index (χ3n) is 3.41. The van der Waals surface area contributed by atoms with Crippen LogP contribution >= 0.6 is 0 Å². The van der Waals surface area contributed by atoms with E-state index in [1.165, 1.54) is 5.69 Å². The first-order chi connectivity index (χ1) is 7.74. The van der Waals surface area contributed by atoms with E-state index in [1.54, 1.807) is 0 Å². The quantitative estimate of drug-likeness (QED) is 0.655. The topological polar surface area (TPSA) is 41.7 Å². The number of ether oxygens (including phenoxy) is 1. The van der Waals surface area contributed by atoms with Gasteiger partial charge >= 0.3 is 0 Å². The summed E-state index contributed by atoms with van der Waals surface area (Å²) in [7, 11) is 2.16. The first-order valence-electron chi connectivity index (χ1n) is 5.71. The lowest BCUT2D eigenvalue weighted by molar-refractivity contribution is 0.188. The van der Waals surface area contributed by atoms with Gasteiger partial charge in [-0.2, -0.15) is 0 Å². The van der Waals surface area contributed by atoms with E-state index in [4.69, 9.17) is 10.5 Å². The number of fused-ring (bicyclic) bond motifs is 3. The van der Waals surface area contributed by atoms with Gasteiger partial charge < -0.3 is 20.3 Å². The number of nitrogen functional groups attached to an aromatic ring is 1. The van der Waals surface area contributed by atoms with Crippen molar-refractivity contribution in [2.75, 3.05) is 43.9 Å². The fourth-order valence-corrected chi connectivity index (χ4v) is 2.54. The van der Waals surface area contributed by atoms with Crippen molar-refractivity contribution in [3.63, 3.8) is 0 Å². The number of benzene rings is 1. The maximum atomic E-state index is 5.77. The average Bonchev–Trinajstić information content (AvgIpc) is 2.28. The van der Waals surface area contributed by atoms with Crippen LogP contribution in [0.2, 0.25) is 0 Å². The van der Waals surface area contributed by atoms with E-state index >= 15 is 0 Å². The van der Waals surface area contributed by atoms with Crippen molar-refractivity contribution >= 4 is 11.4 Å². The smallest absolute Gasteiger partial charge is 0.144 e. The van der Waals surface area contributed by atoms with Crippen LogP contribution in [0.4, 0.5) is 11.4 Å². The molecule has 0 unspecified atom stereocenters. The Morgan fingerprint density at radius 3 is 3.12 bits per heavy atom. The highest BCUT2D eigenvalue weighted by Gasteiger charge is 2.31. The molecule has 2 N–H and O–H groups in total. The van der Waals surface area contributed by atoms with Gasteiger partial charge in [0.2, 0.25) is 0 Å². The second-order valence-corrected chi connectivity index (χ2v) is 4.65. The van der Waals surface area contributed by atoms with Gasteiger partial charge in [0.1, 0.15) is 12.4 Å². The average molecular weight is 219 g/mol. The predicted octanol–water partition coefficient (Wildman–Crippen LogP) is 0.782. The van der Waals surface area contributed by atoms with Crippen molar-refractivity contribution in [1.29, 1.82) is 0 Å². The number of nitrogens with two attached hydrogens (primary N) is 1. The zero-order valence-electron chi connectivity index (χ0n) is 9.52. The third-order valence-corrected chi connectivity index (χ3v) is 3.41. The highest BCUT2D eigenvalue weighted by atomic mass is 16.5. The van der Waals surface area contributed by atoms with Crippen molar-refractivity contribution in [3.05, 3.63) is 18.2 Å². The fourth-order valence-electron chi connectivity index (χ4n) is 2.54. The van der Waals surface area contributed by atoms with Crippen LogP contribution in [0.25, 0.3) is 0 Å². The van der Waals surface area contributed by atoms with Crippen molar-refractivity contribution in [2.45, 2.75) is 6.04 Å². The lowest BCUT2D eigenvalue weighted by atomic mass is 10.1. The number of anilines is 2. The molecule has 2 aliphatic heterocycles. The largest absolute Gasteiger partial charge is 0.489 e. The monoisotopic (exact) mass is 219 g/mol.